The number of aromatic hydroxyl groups is 1. The second-order valence-electron chi connectivity index (χ2n) is 4.74. The van der Waals surface area contributed by atoms with Gasteiger partial charge in [-0.1, -0.05) is 6.07 Å². The molecule has 2 amide bonds. The summed E-state index contributed by atoms with van der Waals surface area (Å²) in [6, 6.07) is 4.57. The minimum absolute atomic E-state index is 0.0182. The number of rotatable bonds is 4. The molecule has 7 nitrogen and oxygen atoms in total. The second kappa shape index (κ2) is 6.94. The Morgan fingerprint density at radius 2 is 2.05 bits per heavy atom. The fraction of sp³-hybridized carbons (Fsp3) is 0.429. The monoisotopic (exact) mass is 293 g/mol. The van der Waals surface area contributed by atoms with Crippen molar-refractivity contribution >= 4 is 17.5 Å². The van der Waals surface area contributed by atoms with Crippen molar-refractivity contribution in [1.82, 2.24) is 10.2 Å². The number of benzene rings is 1. The molecule has 1 saturated heterocycles. The molecule has 1 aromatic rings. The highest BCUT2D eigenvalue weighted by atomic mass is 16.5. The van der Waals surface area contributed by atoms with Crippen molar-refractivity contribution in [3.63, 3.8) is 0 Å². The summed E-state index contributed by atoms with van der Waals surface area (Å²) in [5.74, 6) is -0.709. The largest absolute Gasteiger partial charge is 0.505 e. The average molecular weight is 293 g/mol. The first-order valence-corrected chi connectivity index (χ1v) is 6.81. The lowest BCUT2D eigenvalue weighted by Crippen LogP contribution is -2.42. The van der Waals surface area contributed by atoms with Gasteiger partial charge in [0.25, 0.3) is 5.91 Å². The number of phenols is 1. The molecule has 0 spiro atoms. The van der Waals surface area contributed by atoms with Crippen LogP contribution in [0.4, 0.5) is 5.69 Å². The zero-order valence-corrected chi connectivity index (χ0v) is 11.7. The van der Waals surface area contributed by atoms with Gasteiger partial charge in [-0.25, -0.2) is 0 Å². The van der Waals surface area contributed by atoms with Crippen LogP contribution in [0.1, 0.15) is 16.8 Å². The van der Waals surface area contributed by atoms with Crippen molar-refractivity contribution in [2.24, 2.45) is 0 Å². The van der Waals surface area contributed by atoms with Crippen LogP contribution in [-0.4, -0.2) is 54.7 Å². The maximum absolute atomic E-state index is 11.9. The fourth-order valence-corrected chi connectivity index (χ4v) is 2.09. The Morgan fingerprint density at radius 3 is 2.76 bits per heavy atom. The van der Waals surface area contributed by atoms with E-state index in [0.717, 1.165) is 0 Å². The van der Waals surface area contributed by atoms with Gasteiger partial charge < -0.3 is 25.8 Å². The molecule has 1 aliphatic rings. The van der Waals surface area contributed by atoms with Crippen LogP contribution in [0.25, 0.3) is 0 Å². The molecule has 0 aliphatic carbocycles. The van der Waals surface area contributed by atoms with Crippen LogP contribution in [0.15, 0.2) is 18.2 Å². The maximum atomic E-state index is 11.9. The number of hydrogen-bond acceptors (Lipinski definition) is 5. The molecule has 0 saturated carbocycles. The number of hydrogen-bond donors (Lipinski definition) is 3. The third kappa shape index (κ3) is 3.85. The first-order chi connectivity index (χ1) is 10.1. The van der Waals surface area contributed by atoms with Gasteiger partial charge >= 0.3 is 0 Å². The van der Waals surface area contributed by atoms with E-state index >= 15 is 0 Å². The first kappa shape index (κ1) is 15.1. The van der Waals surface area contributed by atoms with E-state index in [-0.39, 0.29) is 35.9 Å². The van der Waals surface area contributed by atoms with E-state index in [9.17, 15) is 14.7 Å². The normalized spacial score (nSPS) is 14.8. The predicted octanol–water partition coefficient (Wildman–Crippen LogP) is -0.0469. The van der Waals surface area contributed by atoms with Crippen LogP contribution in [0.5, 0.6) is 5.75 Å². The summed E-state index contributed by atoms with van der Waals surface area (Å²) in [5, 5.41) is 12.3. The minimum atomic E-state index is -0.449. The minimum Gasteiger partial charge on any atom is -0.505 e. The molecule has 0 bridgehead atoms. The summed E-state index contributed by atoms with van der Waals surface area (Å²) in [6.07, 6.45) is 0.217. The predicted molar refractivity (Wildman–Crippen MR) is 76.9 cm³/mol. The molecule has 21 heavy (non-hydrogen) atoms. The Balaban J connectivity index is 1.81. The van der Waals surface area contributed by atoms with Gasteiger partial charge in [0, 0.05) is 26.1 Å². The molecule has 4 N–H and O–H groups in total. The topological polar surface area (TPSA) is 105 Å². The van der Waals surface area contributed by atoms with Crippen LogP contribution < -0.4 is 11.1 Å². The molecule has 1 aromatic carbocycles. The molecule has 0 unspecified atom stereocenters. The van der Waals surface area contributed by atoms with Crippen molar-refractivity contribution in [2.45, 2.75) is 6.42 Å². The van der Waals surface area contributed by atoms with Gasteiger partial charge in [-0.3, -0.25) is 9.59 Å². The van der Waals surface area contributed by atoms with Crippen molar-refractivity contribution < 1.29 is 19.4 Å². The number of nitrogens with one attached hydrogen (secondary N) is 1. The molecule has 0 atom stereocenters. The summed E-state index contributed by atoms with van der Waals surface area (Å²) >= 11 is 0. The smallest absolute Gasteiger partial charge is 0.255 e. The van der Waals surface area contributed by atoms with Crippen LogP contribution >= 0.6 is 0 Å². The van der Waals surface area contributed by atoms with Crippen LogP contribution in [0.3, 0.4) is 0 Å². The van der Waals surface area contributed by atoms with Gasteiger partial charge in [0.2, 0.25) is 5.91 Å². The Kier molecular flexibility index (Phi) is 4.99. The second-order valence-corrected chi connectivity index (χ2v) is 4.74. The van der Waals surface area contributed by atoms with E-state index in [4.69, 9.17) is 10.5 Å². The van der Waals surface area contributed by atoms with Gasteiger partial charge in [0.05, 0.1) is 24.5 Å². The number of nitrogen functional groups attached to an aromatic ring is 1. The van der Waals surface area contributed by atoms with E-state index in [1.165, 1.54) is 12.1 Å². The Morgan fingerprint density at radius 1 is 1.33 bits per heavy atom. The molecule has 1 aliphatic heterocycles. The van der Waals surface area contributed by atoms with E-state index in [1.807, 2.05) is 0 Å². The molecular weight excluding hydrogens is 274 g/mol. The van der Waals surface area contributed by atoms with E-state index in [2.05, 4.69) is 5.32 Å². The van der Waals surface area contributed by atoms with Crippen molar-refractivity contribution in [2.75, 3.05) is 38.6 Å². The lowest BCUT2D eigenvalue weighted by Gasteiger charge is -2.26. The van der Waals surface area contributed by atoms with Gasteiger partial charge in [-0.15, -0.1) is 0 Å². The number of amides is 2. The summed E-state index contributed by atoms with van der Waals surface area (Å²) < 4.78 is 5.17. The third-order valence-electron chi connectivity index (χ3n) is 3.30. The molecule has 0 aromatic heterocycles. The number of carbonyl (C=O) groups is 2. The zero-order chi connectivity index (χ0) is 15.2. The fourth-order valence-electron chi connectivity index (χ4n) is 2.09. The molecule has 114 valence electrons. The number of ether oxygens (including phenoxy) is 1. The maximum Gasteiger partial charge on any atom is 0.255 e. The number of carbonyl (C=O) groups excluding carboxylic acids is 2. The molecule has 2 rings (SSSR count). The number of morpholine rings is 1. The molecule has 7 heteroatoms. The molecule has 1 heterocycles. The standard InChI is InChI=1S/C14H19N3O4/c15-11-3-1-2-10(13(11)19)14(20)16-5-4-12(18)17-6-8-21-9-7-17/h1-3,19H,4-9,15H2,(H,16,20). The van der Waals surface area contributed by atoms with Crippen molar-refractivity contribution in [3.8, 4) is 5.75 Å². The molecular formula is C14H19N3O4. The number of nitrogens with two attached hydrogens (primary N) is 1. The molecule has 1 fully saturated rings. The summed E-state index contributed by atoms with van der Waals surface area (Å²) in [6.45, 7) is 2.49. The lowest BCUT2D eigenvalue weighted by molar-refractivity contribution is -0.135. The SMILES string of the molecule is Nc1cccc(C(=O)NCCC(=O)N2CCOCC2)c1O. The van der Waals surface area contributed by atoms with Gasteiger partial charge in [0.15, 0.2) is 5.75 Å². The number of nitrogens with zero attached hydrogens (tertiary/aromatic N) is 1. The van der Waals surface area contributed by atoms with Gasteiger partial charge in [-0.2, -0.15) is 0 Å². The Bertz CT molecular complexity index is 527. The van der Waals surface area contributed by atoms with Crippen LogP contribution in [0, 0.1) is 0 Å². The van der Waals surface area contributed by atoms with E-state index in [0.29, 0.717) is 26.3 Å². The summed E-state index contributed by atoms with van der Waals surface area (Å²) in [4.78, 5) is 25.5. The lowest BCUT2D eigenvalue weighted by atomic mass is 10.1. The molecule has 0 radical (unpaired) electrons. The van der Waals surface area contributed by atoms with Crippen molar-refractivity contribution in [3.05, 3.63) is 23.8 Å². The van der Waals surface area contributed by atoms with E-state index < -0.39 is 5.91 Å². The number of anilines is 1. The Hall–Kier alpha value is -2.28. The Labute approximate surface area is 122 Å². The number of para-hydroxylation sites is 1. The van der Waals surface area contributed by atoms with E-state index in [1.54, 1.807) is 11.0 Å². The summed E-state index contributed by atoms with van der Waals surface area (Å²) in [5.41, 5.74) is 5.78. The highest BCUT2D eigenvalue weighted by Crippen LogP contribution is 2.23. The zero-order valence-electron chi connectivity index (χ0n) is 11.7. The summed E-state index contributed by atoms with van der Waals surface area (Å²) in [7, 11) is 0. The quantitative estimate of drug-likeness (QED) is 0.533. The highest BCUT2D eigenvalue weighted by molar-refractivity contribution is 5.98. The third-order valence-corrected chi connectivity index (χ3v) is 3.30. The first-order valence-electron chi connectivity index (χ1n) is 6.81. The van der Waals surface area contributed by atoms with Crippen molar-refractivity contribution in [1.29, 1.82) is 0 Å². The average Bonchev–Trinajstić information content (AvgIpc) is 2.50. The van der Waals surface area contributed by atoms with Gasteiger partial charge in [-0.05, 0) is 12.1 Å². The van der Waals surface area contributed by atoms with Crippen LogP contribution in [0.2, 0.25) is 0 Å². The number of phenolic OH excluding ortho intramolecular Hbond substituents is 1. The van der Waals surface area contributed by atoms with Crippen LogP contribution in [-0.2, 0) is 9.53 Å². The highest BCUT2D eigenvalue weighted by Gasteiger charge is 2.17. The van der Waals surface area contributed by atoms with Gasteiger partial charge in [0.1, 0.15) is 0 Å².